The van der Waals surface area contributed by atoms with E-state index in [4.69, 9.17) is 4.52 Å². The summed E-state index contributed by atoms with van der Waals surface area (Å²) in [6, 6.07) is 12.8. The zero-order valence-electron chi connectivity index (χ0n) is 13.0. The molecule has 2 aromatic heterocycles. The molecule has 0 atom stereocenters. The van der Waals surface area contributed by atoms with Gasteiger partial charge in [0, 0.05) is 23.2 Å². The summed E-state index contributed by atoms with van der Waals surface area (Å²) in [5.41, 5.74) is 2.24. The maximum absolute atomic E-state index is 12.2. The summed E-state index contributed by atoms with van der Waals surface area (Å²) in [6.07, 6.45) is 3.95. The Hall–Kier alpha value is -3.02. The highest BCUT2D eigenvalue weighted by Crippen LogP contribution is 2.39. The fourth-order valence-corrected chi connectivity index (χ4v) is 2.39. The minimum absolute atomic E-state index is 0.140. The van der Waals surface area contributed by atoms with Crippen LogP contribution in [0.15, 0.2) is 53.2 Å². The van der Waals surface area contributed by atoms with Crippen molar-refractivity contribution in [1.29, 1.82) is 0 Å². The van der Waals surface area contributed by atoms with Gasteiger partial charge in [-0.15, -0.1) is 0 Å². The highest BCUT2D eigenvalue weighted by atomic mass is 16.5. The van der Waals surface area contributed by atoms with Crippen LogP contribution in [0.25, 0.3) is 11.4 Å². The molecule has 0 radical (unpaired) electrons. The molecule has 1 N–H and O–H groups in total. The van der Waals surface area contributed by atoms with Crippen molar-refractivity contribution < 1.29 is 9.32 Å². The predicted molar refractivity (Wildman–Crippen MR) is 87.1 cm³/mol. The smallest absolute Gasteiger partial charge is 0.251 e. The van der Waals surface area contributed by atoms with Crippen molar-refractivity contribution in [2.24, 2.45) is 0 Å². The second-order valence-electron chi connectivity index (χ2n) is 5.81. The zero-order valence-corrected chi connectivity index (χ0v) is 13.0. The van der Waals surface area contributed by atoms with E-state index in [2.05, 4.69) is 20.4 Å². The first kappa shape index (κ1) is 14.6. The highest BCUT2D eigenvalue weighted by molar-refractivity contribution is 5.94. The number of nitrogens with zero attached hydrogens (tertiary/aromatic N) is 3. The van der Waals surface area contributed by atoms with E-state index in [0.29, 0.717) is 29.7 Å². The van der Waals surface area contributed by atoms with Crippen molar-refractivity contribution in [3.8, 4) is 11.4 Å². The molecule has 1 aliphatic rings. The number of rotatable bonds is 5. The summed E-state index contributed by atoms with van der Waals surface area (Å²) in [5.74, 6) is 1.57. The van der Waals surface area contributed by atoms with Crippen LogP contribution in [-0.2, 0) is 6.54 Å². The van der Waals surface area contributed by atoms with E-state index < -0.39 is 0 Å². The molecule has 0 bridgehead atoms. The lowest BCUT2D eigenvalue weighted by Gasteiger charge is -2.05. The number of carbonyl (C=O) groups excluding carboxylic acids is 1. The molecule has 24 heavy (non-hydrogen) atoms. The summed E-state index contributed by atoms with van der Waals surface area (Å²) < 4.78 is 5.26. The van der Waals surface area contributed by atoms with E-state index in [1.165, 1.54) is 0 Å². The predicted octanol–water partition coefficient (Wildman–Crippen LogP) is 2.94. The fraction of sp³-hybridized carbons (Fsp3) is 0.222. The number of hydrogen-bond donors (Lipinski definition) is 1. The molecule has 120 valence electrons. The number of carbonyl (C=O) groups is 1. The Kier molecular flexibility index (Phi) is 3.78. The third-order valence-electron chi connectivity index (χ3n) is 3.93. The second kappa shape index (κ2) is 6.23. The van der Waals surface area contributed by atoms with E-state index in [1.807, 2.05) is 30.3 Å². The lowest BCUT2D eigenvalue weighted by atomic mass is 10.1. The quantitative estimate of drug-likeness (QED) is 0.781. The topological polar surface area (TPSA) is 80.9 Å². The van der Waals surface area contributed by atoms with Crippen LogP contribution < -0.4 is 5.32 Å². The average molecular weight is 320 g/mol. The van der Waals surface area contributed by atoms with Crippen LogP contribution >= 0.6 is 0 Å². The van der Waals surface area contributed by atoms with Gasteiger partial charge in [-0.3, -0.25) is 9.78 Å². The van der Waals surface area contributed by atoms with Gasteiger partial charge in [0.25, 0.3) is 5.91 Å². The molecule has 0 spiro atoms. The SMILES string of the molecule is O=C(NCc1ccccn1)c1ccc(-c2noc(C3CC3)n2)cc1. The molecule has 6 heteroatoms. The summed E-state index contributed by atoms with van der Waals surface area (Å²) in [4.78, 5) is 20.8. The molecule has 0 unspecified atom stereocenters. The monoisotopic (exact) mass is 320 g/mol. The Morgan fingerprint density at radius 1 is 1.17 bits per heavy atom. The minimum Gasteiger partial charge on any atom is -0.346 e. The maximum Gasteiger partial charge on any atom is 0.251 e. The first-order chi connectivity index (χ1) is 11.8. The van der Waals surface area contributed by atoms with E-state index in [0.717, 1.165) is 24.1 Å². The summed E-state index contributed by atoms with van der Waals surface area (Å²) in [7, 11) is 0. The van der Waals surface area contributed by atoms with Gasteiger partial charge in [0.2, 0.25) is 11.7 Å². The first-order valence-corrected chi connectivity index (χ1v) is 7.92. The number of aromatic nitrogens is 3. The number of pyridine rings is 1. The van der Waals surface area contributed by atoms with E-state index in [-0.39, 0.29) is 5.91 Å². The van der Waals surface area contributed by atoms with Crippen molar-refractivity contribution in [3.63, 3.8) is 0 Å². The van der Waals surface area contributed by atoms with Crippen LogP contribution in [-0.4, -0.2) is 21.0 Å². The average Bonchev–Trinajstić information content (AvgIpc) is 3.38. The fourth-order valence-electron chi connectivity index (χ4n) is 2.39. The Bertz CT molecular complexity index is 839. The second-order valence-corrected chi connectivity index (χ2v) is 5.81. The molecular formula is C18H16N4O2. The summed E-state index contributed by atoms with van der Waals surface area (Å²) in [5, 5.41) is 6.85. The van der Waals surface area contributed by atoms with Gasteiger partial charge < -0.3 is 9.84 Å². The number of amides is 1. The zero-order chi connectivity index (χ0) is 16.4. The molecule has 1 aromatic carbocycles. The lowest BCUT2D eigenvalue weighted by Crippen LogP contribution is -2.23. The highest BCUT2D eigenvalue weighted by Gasteiger charge is 2.29. The van der Waals surface area contributed by atoms with Gasteiger partial charge in [-0.1, -0.05) is 23.4 Å². The van der Waals surface area contributed by atoms with Gasteiger partial charge in [-0.2, -0.15) is 4.98 Å². The Morgan fingerprint density at radius 3 is 2.71 bits per heavy atom. The first-order valence-electron chi connectivity index (χ1n) is 7.92. The molecule has 6 nitrogen and oxygen atoms in total. The van der Waals surface area contributed by atoms with E-state index in [9.17, 15) is 4.79 Å². The molecular weight excluding hydrogens is 304 g/mol. The Morgan fingerprint density at radius 2 is 2.00 bits per heavy atom. The molecule has 0 saturated heterocycles. The van der Waals surface area contributed by atoms with Gasteiger partial charge in [-0.05, 0) is 37.1 Å². The molecule has 0 aliphatic heterocycles. The van der Waals surface area contributed by atoms with Gasteiger partial charge in [0.15, 0.2) is 0 Å². The van der Waals surface area contributed by atoms with Crippen LogP contribution in [0.1, 0.15) is 40.7 Å². The molecule has 1 aliphatic carbocycles. The third-order valence-corrected chi connectivity index (χ3v) is 3.93. The van der Waals surface area contributed by atoms with E-state index in [1.54, 1.807) is 18.3 Å². The lowest BCUT2D eigenvalue weighted by molar-refractivity contribution is 0.0950. The van der Waals surface area contributed by atoms with Gasteiger partial charge in [0.05, 0.1) is 12.2 Å². The molecule has 1 saturated carbocycles. The van der Waals surface area contributed by atoms with Crippen molar-refractivity contribution in [2.45, 2.75) is 25.3 Å². The standard InChI is InChI=1S/C18H16N4O2/c23-17(20-11-15-3-1-2-10-19-15)13-6-4-12(5-7-13)16-21-18(24-22-16)14-8-9-14/h1-7,10,14H,8-9,11H2,(H,20,23). The van der Waals surface area contributed by atoms with Crippen LogP contribution in [0.3, 0.4) is 0 Å². The molecule has 4 rings (SSSR count). The molecule has 1 amide bonds. The van der Waals surface area contributed by atoms with Crippen molar-refractivity contribution in [2.75, 3.05) is 0 Å². The van der Waals surface area contributed by atoms with Gasteiger partial charge in [0.1, 0.15) is 0 Å². The van der Waals surface area contributed by atoms with Gasteiger partial charge in [-0.25, -0.2) is 0 Å². The normalized spacial score (nSPS) is 13.7. The van der Waals surface area contributed by atoms with E-state index >= 15 is 0 Å². The third kappa shape index (κ3) is 3.17. The number of benzene rings is 1. The summed E-state index contributed by atoms with van der Waals surface area (Å²) >= 11 is 0. The minimum atomic E-state index is -0.140. The molecule has 2 heterocycles. The number of nitrogens with one attached hydrogen (secondary N) is 1. The van der Waals surface area contributed by atoms with Crippen LogP contribution in [0, 0.1) is 0 Å². The molecule has 1 fully saturated rings. The number of hydrogen-bond acceptors (Lipinski definition) is 5. The Labute approximate surface area is 138 Å². The largest absolute Gasteiger partial charge is 0.346 e. The molecule has 3 aromatic rings. The van der Waals surface area contributed by atoms with Crippen LogP contribution in [0.4, 0.5) is 0 Å². The Balaban J connectivity index is 1.41. The maximum atomic E-state index is 12.2. The van der Waals surface area contributed by atoms with Crippen LogP contribution in [0.2, 0.25) is 0 Å². The van der Waals surface area contributed by atoms with Crippen LogP contribution in [0.5, 0.6) is 0 Å². The van der Waals surface area contributed by atoms with Crippen molar-refractivity contribution in [3.05, 3.63) is 65.8 Å². The van der Waals surface area contributed by atoms with Crippen molar-refractivity contribution >= 4 is 5.91 Å². The van der Waals surface area contributed by atoms with Crippen molar-refractivity contribution in [1.82, 2.24) is 20.4 Å². The van der Waals surface area contributed by atoms with Gasteiger partial charge >= 0.3 is 0 Å². The summed E-state index contributed by atoms with van der Waals surface area (Å²) in [6.45, 7) is 0.400.